The van der Waals surface area contributed by atoms with Gasteiger partial charge in [0.05, 0.1) is 6.10 Å². The Kier molecular flexibility index (Phi) is 3.87. The van der Waals surface area contributed by atoms with E-state index in [4.69, 9.17) is 4.74 Å². The molecule has 0 aromatic rings. The zero-order valence-corrected chi connectivity index (χ0v) is 7.60. The summed E-state index contributed by atoms with van der Waals surface area (Å²) in [5, 5.41) is 3.45. The molecule has 1 aliphatic heterocycles. The molecule has 0 aliphatic carbocycles. The largest absolute Gasteiger partial charge is 0.377 e. The number of nitrogens with one attached hydrogen (secondary N) is 1. The van der Waals surface area contributed by atoms with Crippen molar-refractivity contribution in [3.8, 4) is 0 Å². The first-order valence-electron chi connectivity index (χ1n) is 4.68. The molecule has 0 saturated carbocycles. The number of hydrogen-bond donors (Lipinski definition) is 1. The van der Waals surface area contributed by atoms with Crippen molar-refractivity contribution in [2.24, 2.45) is 0 Å². The molecular formula is C9H19NO. The third kappa shape index (κ3) is 3.21. The first-order valence-corrected chi connectivity index (χ1v) is 4.68. The number of ether oxygens (including phenoxy) is 1. The summed E-state index contributed by atoms with van der Waals surface area (Å²) in [6.45, 7) is 6.42. The van der Waals surface area contributed by atoms with Gasteiger partial charge in [-0.25, -0.2) is 0 Å². The highest BCUT2D eigenvalue weighted by Gasteiger charge is 2.15. The minimum Gasteiger partial charge on any atom is -0.377 e. The quantitative estimate of drug-likeness (QED) is 0.668. The number of rotatable bonds is 4. The van der Waals surface area contributed by atoms with Crippen LogP contribution in [0.15, 0.2) is 0 Å². The summed E-state index contributed by atoms with van der Waals surface area (Å²) < 4.78 is 5.49. The molecule has 2 nitrogen and oxygen atoms in total. The van der Waals surface area contributed by atoms with Crippen molar-refractivity contribution in [2.45, 2.75) is 45.3 Å². The third-order valence-electron chi connectivity index (χ3n) is 2.33. The SMILES string of the molecule is CCC(C)NCC1CCCO1. The summed E-state index contributed by atoms with van der Waals surface area (Å²) in [6.07, 6.45) is 4.17. The van der Waals surface area contributed by atoms with Gasteiger partial charge in [-0.15, -0.1) is 0 Å². The molecule has 0 aromatic carbocycles. The minimum absolute atomic E-state index is 0.490. The predicted octanol–water partition coefficient (Wildman–Crippen LogP) is 1.55. The van der Waals surface area contributed by atoms with Gasteiger partial charge in [0, 0.05) is 19.2 Å². The molecule has 0 aromatic heterocycles. The van der Waals surface area contributed by atoms with E-state index in [1.165, 1.54) is 19.3 Å². The van der Waals surface area contributed by atoms with Crippen LogP contribution in [0, 0.1) is 0 Å². The molecular weight excluding hydrogens is 138 g/mol. The van der Waals surface area contributed by atoms with E-state index in [1.54, 1.807) is 0 Å². The first-order chi connectivity index (χ1) is 5.33. The summed E-state index contributed by atoms with van der Waals surface area (Å²) in [4.78, 5) is 0. The van der Waals surface area contributed by atoms with Crippen molar-refractivity contribution in [3.05, 3.63) is 0 Å². The second-order valence-corrected chi connectivity index (χ2v) is 3.35. The Morgan fingerprint density at radius 2 is 2.45 bits per heavy atom. The summed E-state index contributed by atoms with van der Waals surface area (Å²) >= 11 is 0. The lowest BCUT2D eigenvalue weighted by Gasteiger charge is -2.14. The lowest BCUT2D eigenvalue weighted by atomic mass is 10.2. The van der Waals surface area contributed by atoms with Crippen LogP contribution in [0.2, 0.25) is 0 Å². The lowest BCUT2D eigenvalue weighted by molar-refractivity contribution is 0.108. The average molecular weight is 157 g/mol. The Labute approximate surface area is 69.3 Å². The minimum atomic E-state index is 0.490. The molecule has 11 heavy (non-hydrogen) atoms. The average Bonchev–Trinajstić information content (AvgIpc) is 2.52. The van der Waals surface area contributed by atoms with Crippen molar-refractivity contribution < 1.29 is 4.74 Å². The second kappa shape index (κ2) is 4.73. The van der Waals surface area contributed by atoms with Crippen LogP contribution in [0.3, 0.4) is 0 Å². The molecule has 2 heteroatoms. The van der Waals surface area contributed by atoms with Gasteiger partial charge in [0.15, 0.2) is 0 Å². The Bertz CT molecular complexity index is 99.7. The van der Waals surface area contributed by atoms with E-state index in [2.05, 4.69) is 19.2 Å². The van der Waals surface area contributed by atoms with Crippen LogP contribution in [-0.2, 0) is 4.74 Å². The van der Waals surface area contributed by atoms with Crippen molar-refractivity contribution in [1.82, 2.24) is 5.32 Å². The first kappa shape index (κ1) is 9.01. The summed E-state index contributed by atoms with van der Waals surface area (Å²) in [6, 6.07) is 0.638. The Morgan fingerprint density at radius 3 is 3.00 bits per heavy atom. The third-order valence-corrected chi connectivity index (χ3v) is 2.33. The topological polar surface area (TPSA) is 21.3 Å². The van der Waals surface area contributed by atoms with Gasteiger partial charge in [-0.05, 0) is 26.2 Å². The fraction of sp³-hybridized carbons (Fsp3) is 1.00. The summed E-state index contributed by atoms with van der Waals surface area (Å²) in [7, 11) is 0. The highest BCUT2D eigenvalue weighted by atomic mass is 16.5. The van der Waals surface area contributed by atoms with E-state index >= 15 is 0 Å². The molecule has 66 valence electrons. The van der Waals surface area contributed by atoms with Crippen LogP contribution < -0.4 is 5.32 Å². The van der Waals surface area contributed by atoms with Crippen LogP contribution in [0.1, 0.15) is 33.1 Å². The van der Waals surface area contributed by atoms with E-state index in [0.717, 1.165) is 13.2 Å². The van der Waals surface area contributed by atoms with Crippen LogP contribution in [0.4, 0.5) is 0 Å². The number of hydrogen-bond acceptors (Lipinski definition) is 2. The van der Waals surface area contributed by atoms with Gasteiger partial charge < -0.3 is 10.1 Å². The monoisotopic (exact) mass is 157 g/mol. The zero-order chi connectivity index (χ0) is 8.10. The second-order valence-electron chi connectivity index (χ2n) is 3.35. The van der Waals surface area contributed by atoms with Crippen molar-refractivity contribution in [3.63, 3.8) is 0 Å². The maximum Gasteiger partial charge on any atom is 0.0700 e. The Hall–Kier alpha value is -0.0800. The van der Waals surface area contributed by atoms with Crippen molar-refractivity contribution in [1.29, 1.82) is 0 Å². The van der Waals surface area contributed by atoms with Gasteiger partial charge in [-0.2, -0.15) is 0 Å². The molecule has 0 amide bonds. The molecule has 0 spiro atoms. The van der Waals surface area contributed by atoms with Crippen molar-refractivity contribution >= 4 is 0 Å². The lowest BCUT2D eigenvalue weighted by Crippen LogP contribution is -2.32. The maximum atomic E-state index is 5.49. The molecule has 0 radical (unpaired) electrons. The molecule has 1 rings (SSSR count). The van der Waals surface area contributed by atoms with Gasteiger partial charge in [0.2, 0.25) is 0 Å². The Balaban J connectivity index is 2.01. The van der Waals surface area contributed by atoms with Gasteiger partial charge >= 0.3 is 0 Å². The van der Waals surface area contributed by atoms with Crippen LogP contribution >= 0.6 is 0 Å². The standard InChI is InChI=1S/C9H19NO/c1-3-8(2)10-7-9-5-4-6-11-9/h8-10H,3-7H2,1-2H3. The van der Waals surface area contributed by atoms with Gasteiger partial charge in [0.25, 0.3) is 0 Å². The van der Waals surface area contributed by atoms with Gasteiger partial charge in [-0.3, -0.25) is 0 Å². The summed E-state index contributed by atoms with van der Waals surface area (Å²) in [5.41, 5.74) is 0. The van der Waals surface area contributed by atoms with E-state index in [9.17, 15) is 0 Å². The van der Waals surface area contributed by atoms with Crippen LogP contribution in [0.5, 0.6) is 0 Å². The van der Waals surface area contributed by atoms with E-state index in [1.807, 2.05) is 0 Å². The van der Waals surface area contributed by atoms with Gasteiger partial charge in [0.1, 0.15) is 0 Å². The molecule has 2 atom stereocenters. The highest BCUT2D eigenvalue weighted by Crippen LogP contribution is 2.10. The molecule has 1 saturated heterocycles. The van der Waals surface area contributed by atoms with Crippen LogP contribution in [-0.4, -0.2) is 25.3 Å². The predicted molar refractivity (Wildman–Crippen MR) is 46.7 cm³/mol. The van der Waals surface area contributed by atoms with Crippen LogP contribution in [0.25, 0.3) is 0 Å². The smallest absolute Gasteiger partial charge is 0.0700 e. The highest BCUT2D eigenvalue weighted by molar-refractivity contribution is 4.69. The fourth-order valence-corrected chi connectivity index (χ4v) is 1.28. The maximum absolute atomic E-state index is 5.49. The van der Waals surface area contributed by atoms with Crippen molar-refractivity contribution in [2.75, 3.05) is 13.2 Å². The van der Waals surface area contributed by atoms with Gasteiger partial charge in [-0.1, -0.05) is 6.92 Å². The fourth-order valence-electron chi connectivity index (χ4n) is 1.28. The zero-order valence-electron chi connectivity index (χ0n) is 7.60. The molecule has 0 bridgehead atoms. The normalized spacial score (nSPS) is 27.3. The molecule has 1 fully saturated rings. The van der Waals surface area contributed by atoms with E-state index < -0.39 is 0 Å². The summed E-state index contributed by atoms with van der Waals surface area (Å²) in [5.74, 6) is 0. The van der Waals surface area contributed by atoms with E-state index in [-0.39, 0.29) is 0 Å². The Morgan fingerprint density at radius 1 is 1.64 bits per heavy atom. The van der Waals surface area contributed by atoms with E-state index in [0.29, 0.717) is 12.1 Å². The molecule has 1 aliphatic rings. The molecule has 2 unspecified atom stereocenters. The molecule has 1 heterocycles. The molecule has 1 N–H and O–H groups in total.